The second-order valence-corrected chi connectivity index (χ2v) is 34.4. The van der Waals surface area contributed by atoms with Gasteiger partial charge in [-0.2, -0.15) is 0 Å². The lowest BCUT2D eigenvalue weighted by atomic mass is 9.80. The fraction of sp³-hybridized carbons (Fsp3) is 0.420. The second kappa shape index (κ2) is 34.8. The molecule has 3 amide bonds. The van der Waals surface area contributed by atoms with E-state index in [0.717, 1.165) is 49.0 Å². The number of hydrogen-bond donors (Lipinski definition) is 5. The Morgan fingerprint density at radius 2 is 0.770 bits per heavy atom. The van der Waals surface area contributed by atoms with E-state index in [1.54, 1.807) is 81.0 Å². The fourth-order valence-electron chi connectivity index (χ4n) is 14.6. The average molecular weight is 1610 g/mol. The van der Waals surface area contributed by atoms with Crippen molar-refractivity contribution in [2.24, 2.45) is 0 Å². The summed E-state index contributed by atoms with van der Waals surface area (Å²) in [5.74, 6) is 0.498. The van der Waals surface area contributed by atoms with E-state index in [0.29, 0.717) is 81.0 Å². The second-order valence-electron chi connectivity index (χ2n) is 33.5. The number of H-pyrrole nitrogens is 2. The van der Waals surface area contributed by atoms with E-state index >= 15 is 0 Å². The summed E-state index contributed by atoms with van der Waals surface area (Å²) in [4.78, 5) is 89.1. The van der Waals surface area contributed by atoms with Crippen LogP contribution in [0.2, 0.25) is 0 Å². The van der Waals surface area contributed by atoms with Crippen molar-refractivity contribution in [1.29, 1.82) is 0 Å². The van der Waals surface area contributed by atoms with Crippen LogP contribution in [-0.2, 0) is 40.3 Å². The number of carbonyl (C=O) groups is 3. The molecule has 0 spiro atoms. The lowest BCUT2D eigenvalue weighted by Crippen LogP contribution is -2.51. The first-order chi connectivity index (χ1) is 53.0. The molecular formula is C88H107BBrN9O14. The number of aliphatic hydroxyl groups is 3. The third-order valence-corrected chi connectivity index (χ3v) is 21.4. The van der Waals surface area contributed by atoms with E-state index in [1.807, 2.05) is 233 Å². The molecule has 9 aromatic rings. The van der Waals surface area contributed by atoms with Crippen molar-refractivity contribution in [3.63, 3.8) is 0 Å². The van der Waals surface area contributed by atoms with Crippen LogP contribution in [0, 0.1) is 0 Å². The van der Waals surface area contributed by atoms with Gasteiger partial charge in [0.25, 0.3) is 11.1 Å². The number of aromatic amines is 2. The molecule has 0 bridgehead atoms. The highest BCUT2D eigenvalue weighted by molar-refractivity contribution is 9.10. The largest absolute Gasteiger partial charge is 0.516 e. The van der Waals surface area contributed by atoms with Crippen molar-refractivity contribution in [1.82, 2.24) is 44.6 Å². The van der Waals surface area contributed by atoms with Crippen molar-refractivity contribution in [3.05, 3.63) is 260 Å². The lowest BCUT2D eigenvalue weighted by Gasteiger charge is -2.45. The third-order valence-electron chi connectivity index (χ3n) is 20.9. The van der Waals surface area contributed by atoms with Crippen LogP contribution in [0.3, 0.4) is 0 Å². The Morgan fingerprint density at radius 3 is 1.04 bits per heavy atom. The molecule has 4 aliphatic rings. The Morgan fingerprint density at radius 1 is 0.451 bits per heavy atom. The zero-order valence-corrected chi connectivity index (χ0v) is 69.2. The van der Waals surface area contributed by atoms with Gasteiger partial charge in [-0.25, -0.2) is 29.3 Å². The van der Waals surface area contributed by atoms with Gasteiger partial charge in [-0.05, 0) is 156 Å². The number of rotatable bonds is 19. The van der Waals surface area contributed by atoms with Crippen molar-refractivity contribution >= 4 is 46.9 Å². The van der Waals surface area contributed by atoms with Gasteiger partial charge in [0.2, 0.25) is 5.88 Å². The minimum atomic E-state index is -0.991. The minimum Gasteiger partial charge on any atom is -0.471 e. The Hall–Kier alpha value is -9.89. The van der Waals surface area contributed by atoms with Crippen LogP contribution in [-0.4, -0.2) is 139 Å². The molecule has 0 unspecified atom stereocenters. The summed E-state index contributed by atoms with van der Waals surface area (Å²) in [5.41, 5.74) is 2.44. The summed E-state index contributed by atoms with van der Waals surface area (Å²) < 4.78 is 36.7. The molecule has 25 heteroatoms. The van der Waals surface area contributed by atoms with E-state index in [9.17, 15) is 39.3 Å². The van der Waals surface area contributed by atoms with Crippen molar-refractivity contribution < 1.29 is 58.0 Å². The standard InChI is InChI=1S/2C26H29N3O4.C22H26BrNO3.C14H23BN2O3/c2*1-18(19-9-11-20(12-10-19)22-15-28-23(30)16-27-22)29-14-13-26(33-24(29)31,17-25(2,3)32)21-7-5-4-6-8-21;1-16(17-9-11-19(23)12-10-17)24-14-13-22(27-20(24)25,15-21(2,3)26)18-7-5-4-6-8-18;1-12(2,3)18-11-9-16-10(8-17-11)15-19-13(4,5)14(6,7)20-15/h2*4-12,15-16,18,32H,13-14,17H2,1-3H3,(H,28,30);4-12,16,26H,13-15H2,1-3H3;8-9H,1-7H3/t2*18-,26-;16-,22-;/m000./s1. The highest BCUT2D eigenvalue weighted by atomic mass is 79.9. The molecule has 113 heavy (non-hydrogen) atoms. The van der Waals surface area contributed by atoms with Crippen LogP contribution in [0.15, 0.2) is 215 Å². The SMILES string of the molecule is CC(C)(C)Oc1cnc(B2OC(C)(C)C(C)(C)O2)cn1.C[C@@H](c1ccc(-c2c[nH]c(=O)cn2)cc1)N1CC[C@](CC(C)(C)O)(c2ccccc2)OC1=O.C[C@@H](c1ccc(-c2c[nH]c(=O)cn2)cc1)N1CC[C@](CC(C)(C)O)(c2ccccc2)OC1=O.C[C@@H](c1ccc(Br)cc1)N1CC[C@](CC(C)(C)O)(c2ccccc2)OC1=O. The summed E-state index contributed by atoms with van der Waals surface area (Å²) in [6, 6.07) is 52.1. The zero-order chi connectivity index (χ0) is 82.1. The Bertz CT molecular complexity index is 4540. The number of nitrogens with one attached hydrogen (secondary N) is 2. The number of cyclic esters (lactones) is 3. The number of ether oxygens (including phenoxy) is 4. The van der Waals surface area contributed by atoms with Gasteiger partial charge in [0.1, 0.15) is 22.4 Å². The van der Waals surface area contributed by atoms with Gasteiger partial charge in [0.15, 0.2) is 0 Å². The van der Waals surface area contributed by atoms with Crippen molar-refractivity contribution in [2.45, 2.75) is 218 Å². The Kier molecular flexibility index (Phi) is 26.4. The first-order valence-electron chi connectivity index (χ1n) is 38.3. The summed E-state index contributed by atoms with van der Waals surface area (Å²) in [6.45, 7) is 31.9. The maximum absolute atomic E-state index is 13.2. The highest BCUT2D eigenvalue weighted by Crippen LogP contribution is 2.46. The number of benzene rings is 6. The Labute approximate surface area is 671 Å². The van der Waals surface area contributed by atoms with Crippen LogP contribution in [0.4, 0.5) is 14.4 Å². The Balaban J connectivity index is 0.000000162. The molecule has 0 aliphatic carbocycles. The number of nitrogens with zero attached hydrogens (tertiary/aromatic N) is 7. The van der Waals surface area contributed by atoms with Gasteiger partial charge in [-0.1, -0.05) is 168 Å². The monoisotopic (exact) mass is 1600 g/mol. The topological polar surface area (TPSA) is 294 Å². The summed E-state index contributed by atoms with van der Waals surface area (Å²) >= 11 is 3.44. The average Bonchev–Trinajstić information content (AvgIpc) is 1.77. The predicted octanol–water partition coefficient (Wildman–Crippen LogP) is 16.2. The van der Waals surface area contributed by atoms with Crippen LogP contribution < -0.4 is 21.4 Å². The number of aromatic nitrogens is 6. The third kappa shape index (κ3) is 22.1. The zero-order valence-electron chi connectivity index (χ0n) is 67.6. The molecule has 7 heterocycles. The van der Waals surface area contributed by atoms with Crippen LogP contribution in [0.5, 0.6) is 5.88 Å². The molecule has 0 radical (unpaired) electrons. The maximum atomic E-state index is 13.2. The molecule has 13 rings (SSSR count). The smallest absolute Gasteiger partial charge is 0.471 e. The molecule has 4 saturated heterocycles. The summed E-state index contributed by atoms with van der Waals surface area (Å²) in [7, 11) is -0.490. The minimum absolute atomic E-state index is 0.0819. The molecule has 4 fully saturated rings. The number of amides is 3. The van der Waals surface area contributed by atoms with E-state index in [1.165, 1.54) is 12.4 Å². The fourth-order valence-corrected chi connectivity index (χ4v) is 14.9. The van der Waals surface area contributed by atoms with Crippen molar-refractivity contribution in [2.75, 3.05) is 19.6 Å². The number of hydrogen-bond acceptors (Lipinski definition) is 18. The molecule has 5 N–H and O–H groups in total. The molecule has 6 aromatic carbocycles. The van der Waals surface area contributed by atoms with Gasteiger partial charge in [0, 0.05) is 92.3 Å². The lowest BCUT2D eigenvalue weighted by molar-refractivity contribution is -0.102. The molecule has 4 aliphatic heterocycles. The van der Waals surface area contributed by atoms with E-state index in [-0.39, 0.29) is 52.1 Å². The molecule has 0 saturated carbocycles. The van der Waals surface area contributed by atoms with Crippen LogP contribution in [0.1, 0.15) is 201 Å². The van der Waals surface area contributed by atoms with E-state index < -0.39 is 52.9 Å². The first kappa shape index (κ1) is 85.5. The normalized spacial score (nSPS) is 20.4. The summed E-state index contributed by atoms with van der Waals surface area (Å²) in [6.07, 6.45) is 10.6. The van der Waals surface area contributed by atoms with Gasteiger partial charge in [-0.3, -0.25) is 14.6 Å². The van der Waals surface area contributed by atoms with Crippen molar-refractivity contribution in [3.8, 4) is 28.4 Å². The summed E-state index contributed by atoms with van der Waals surface area (Å²) in [5, 5.41) is 31.5. The van der Waals surface area contributed by atoms with Crippen LogP contribution in [0.25, 0.3) is 22.5 Å². The van der Waals surface area contributed by atoms with Gasteiger partial charge in [-0.15, -0.1) is 0 Å². The molecule has 6 atom stereocenters. The predicted molar refractivity (Wildman–Crippen MR) is 439 cm³/mol. The van der Waals surface area contributed by atoms with Gasteiger partial charge < -0.3 is 68.2 Å². The molecule has 3 aromatic heterocycles. The molecule has 598 valence electrons. The van der Waals surface area contributed by atoms with Crippen LogP contribution >= 0.6 is 15.9 Å². The van der Waals surface area contributed by atoms with Gasteiger partial charge in [0.05, 0.1) is 81.7 Å². The molecular weight excluding hydrogens is 1500 g/mol. The quantitative estimate of drug-likeness (QED) is 0.0371. The van der Waals surface area contributed by atoms with E-state index in [2.05, 4.69) is 45.8 Å². The highest BCUT2D eigenvalue weighted by Gasteiger charge is 2.53. The van der Waals surface area contributed by atoms with Gasteiger partial charge >= 0.3 is 25.4 Å². The molecule has 23 nitrogen and oxygen atoms in total. The first-order valence-corrected chi connectivity index (χ1v) is 39.1. The number of carbonyl (C=O) groups excluding carboxylic acids is 3. The maximum Gasteiger partial charge on any atom is 0.516 e. The number of halogens is 1. The van der Waals surface area contributed by atoms with E-state index in [4.69, 9.17) is 28.3 Å².